The molecule has 3 heterocycles. The van der Waals surface area contributed by atoms with Crippen LogP contribution in [0, 0.1) is 0 Å². The number of rotatable bonds is 3. The number of anilines is 1. The topological polar surface area (TPSA) is 84.2 Å². The number of nitrogens with one attached hydrogen (secondary N) is 1. The Labute approximate surface area is 154 Å². The predicted octanol–water partition coefficient (Wildman–Crippen LogP) is 3.70. The zero-order valence-corrected chi connectivity index (χ0v) is 14.3. The van der Waals surface area contributed by atoms with E-state index in [4.69, 9.17) is 11.6 Å². The molecule has 2 N–H and O–H groups in total. The Kier molecular flexibility index (Phi) is 3.97. The van der Waals surface area contributed by atoms with Gasteiger partial charge < -0.3 is 15.0 Å². The smallest absolute Gasteiger partial charge is 0.339 e. The maximum absolute atomic E-state index is 12.2. The van der Waals surface area contributed by atoms with Crippen molar-refractivity contribution in [2.75, 3.05) is 5.32 Å². The van der Waals surface area contributed by atoms with Gasteiger partial charge in [-0.05, 0) is 29.8 Å². The van der Waals surface area contributed by atoms with E-state index in [9.17, 15) is 14.7 Å². The SMILES string of the molecule is O=C1C[C@@H](c2ccncc2)c2c(c(C(=O)O)cn2-c2ccccc2Cl)N1. The summed E-state index contributed by atoms with van der Waals surface area (Å²) < 4.78 is 1.76. The average Bonchev–Trinajstić information content (AvgIpc) is 3.01. The number of pyridine rings is 1. The molecule has 0 spiro atoms. The normalized spacial score (nSPS) is 16.0. The van der Waals surface area contributed by atoms with E-state index in [0.717, 1.165) is 5.56 Å². The van der Waals surface area contributed by atoms with Crippen molar-refractivity contribution in [2.24, 2.45) is 0 Å². The molecule has 0 saturated heterocycles. The van der Waals surface area contributed by atoms with Gasteiger partial charge in [-0.15, -0.1) is 0 Å². The number of fused-ring (bicyclic) bond motifs is 1. The Morgan fingerprint density at radius 2 is 1.96 bits per heavy atom. The number of aromatic nitrogens is 2. The minimum atomic E-state index is -1.11. The lowest BCUT2D eigenvalue weighted by atomic mass is 9.89. The molecule has 0 fully saturated rings. The fourth-order valence-corrected chi connectivity index (χ4v) is 3.57. The molecule has 0 aliphatic carbocycles. The first-order chi connectivity index (χ1) is 12.6. The zero-order chi connectivity index (χ0) is 18.3. The molecule has 4 rings (SSSR count). The molecule has 1 aliphatic heterocycles. The first-order valence-electron chi connectivity index (χ1n) is 7.99. The minimum absolute atomic E-state index is 0.0343. The monoisotopic (exact) mass is 367 g/mol. The van der Waals surface area contributed by atoms with Gasteiger partial charge in [-0.1, -0.05) is 23.7 Å². The van der Waals surface area contributed by atoms with Gasteiger partial charge in [0.25, 0.3) is 0 Å². The van der Waals surface area contributed by atoms with Crippen LogP contribution >= 0.6 is 11.6 Å². The summed E-state index contributed by atoms with van der Waals surface area (Å²) in [6.45, 7) is 0. The number of hydrogen-bond donors (Lipinski definition) is 2. The second-order valence-corrected chi connectivity index (χ2v) is 6.42. The van der Waals surface area contributed by atoms with E-state index in [0.29, 0.717) is 22.1 Å². The van der Waals surface area contributed by atoms with Crippen molar-refractivity contribution >= 4 is 29.2 Å². The summed E-state index contributed by atoms with van der Waals surface area (Å²) in [5.74, 6) is -1.63. The van der Waals surface area contributed by atoms with Gasteiger partial charge in [-0.3, -0.25) is 9.78 Å². The highest BCUT2D eigenvalue weighted by molar-refractivity contribution is 6.32. The molecule has 1 aliphatic rings. The van der Waals surface area contributed by atoms with E-state index in [1.807, 2.05) is 30.3 Å². The number of halogens is 1. The Morgan fingerprint density at radius 1 is 1.23 bits per heavy atom. The van der Waals surface area contributed by atoms with Gasteiger partial charge in [-0.25, -0.2) is 4.79 Å². The standard InChI is InChI=1S/C19H14ClN3O3/c20-14-3-1-2-4-15(14)23-10-13(19(25)26)17-18(23)12(9-16(24)22-17)11-5-7-21-8-6-11/h1-8,10,12H,9H2,(H,22,24)(H,25,26)/t12-/m0/s1. The van der Waals surface area contributed by atoms with E-state index in [1.165, 1.54) is 6.20 Å². The van der Waals surface area contributed by atoms with Crippen LogP contribution in [-0.4, -0.2) is 26.5 Å². The highest BCUT2D eigenvalue weighted by atomic mass is 35.5. The number of amides is 1. The molecule has 1 atom stereocenters. The maximum atomic E-state index is 12.2. The third kappa shape index (κ3) is 2.64. The van der Waals surface area contributed by atoms with Crippen molar-refractivity contribution in [3.05, 3.63) is 76.8 Å². The molecule has 2 aromatic heterocycles. The molecule has 3 aromatic rings. The van der Waals surface area contributed by atoms with Crippen molar-refractivity contribution in [3.63, 3.8) is 0 Å². The number of aromatic carboxylic acids is 1. The number of para-hydroxylation sites is 1. The number of hydrogen-bond acceptors (Lipinski definition) is 3. The summed E-state index contributed by atoms with van der Waals surface area (Å²) in [6, 6.07) is 10.9. The Balaban J connectivity index is 2.01. The van der Waals surface area contributed by atoms with E-state index in [2.05, 4.69) is 10.3 Å². The van der Waals surface area contributed by atoms with E-state index in [-0.39, 0.29) is 23.8 Å². The van der Waals surface area contributed by atoms with Crippen LogP contribution in [0.25, 0.3) is 5.69 Å². The fourth-order valence-electron chi connectivity index (χ4n) is 3.35. The fraction of sp³-hybridized carbons (Fsp3) is 0.105. The van der Waals surface area contributed by atoms with Crippen LogP contribution in [0.2, 0.25) is 5.02 Å². The van der Waals surface area contributed by atoms with Gasteiger partial charge in [0.1, 0.15) is 5.56 Å². The van der Waals surface area contributed by atoms with Crippen molar-refractivity contribution in [2.45, 2.75) is 12.3 Å². The van der Waals surface area contributed by atoms with Gasteiger partial charge in [0.15, 0.2) is 0 Å². The number of carbonyl (C=O) groups is 2. The van der Waals surface area contributed by atoms with Gasteiger partial charge >= 0.3 is 5.97 Å². The second-order valence-electron chi connectivity index (χ2n) is 6.02. The van der Waals surface area contributed by atoms with Crippen LogP contribution in [0.5, 0.6) is 0 Å². The van der Waals surface area contributed by atoms with Crippen LogP contribution in [0.15, 0.2) is 55.0 Å². The average molecular weight is 368 g/mol. The molecule has 0 unspecified atom stereocenters. The van der Waals surface area contributed by atoms with E-state index < -0.39 is 5.97 Å². The quantitative estimate of drug-likeness (QED) is 0.739. The van der Waals surface area contributed by atoms with Gasteiger partial charge in [0.2, 0.25) is 5.91 Å². The molecule has 26 heavy (non-hydrogen) atoms. The third-order valence-corrected chi connectivity index (χ3v) is 4.80. The lowest BCUT2D eigenvalue weighted by Crippen LogP contribution is -2.25. The van der Waals surface area contributed by atoms with Crippen molar-refractivity contribution in [3.8, 4) is 5.69 Å². The summed E-state index contributed by atoms with van der Waals surface area (Å²) in [4.78, 5) is 28.0. The Bertz CT molecular complexity index is 1010. The zero-order valence-electron chi connectivity index (χ0n) is 13.5. The summed E-state index contributed by atoms with van der Waals surface area (Å²) in [7, 11) is 0. The van der Waals surface area contributed by atoms with Gasteiger partial charge in [0.05, 0.1) is 22.1 Å². The summed E-state index contributed by atoms with van der Waals surface area (Å²) in [5.41, 5.74) is 2.59. The molecule has 1 amide bonds. The number of carboxylic acids is 1. The second kappa shape index (κ2) is 6.31. The molecule has 0 saturated carbocycles. The summed E-state index contributed by atoms with van der Waals surface area (Å²) >= 11 is 6.35. The molecule has 130 valence electrons. The molecular formula is C19H14ClN3O3. The Hall–Kier alpha value is -3.12. The molecule has 0 bridgehead atoms. The maximum Gasteiger partial charge on any atom is 0.339 e. The molecule has 6 nitrogen and oxygen atoms in total. The minimum Gasteiger partial charge on any atom is -0.478 e. The van der Waals surface area contributed by atoms with E-state index >= 15 is 0 Å². The van der Waals surface area contributed by atoms with Gasteiger partial charge in [-0.2, -0.15) is 0 Å². The van der Waals surface area contributed by atoms with Gasteiger partial charge in [0, 0.05) is 30.9 Å². The summed E-state index contributed by atoms with van der Waals surface area (Å²) in [5, 5.41) is 12.8. The van der Waals surface area contributed by atoms with Crippen LogP contribution in [0.1, 0.15) is 34.0 Å². The lowest BCUT2D eigenvalue weighted by molar-refractivity contribution is -0.116. The van der Waals surface area contributed by atoms with Crippen LogP contribution in [0.3, 0.4) is 0 Å². The molecular weight excluding hydrogens is 354 g/mol. The van der Waals surface area contributed by atoms with Crippen LogP contribution in [-0.2, 0) is 4.79 Å². The predicted molar refractivity (Wildman–Crippen MR) is 97.1 cm³/mol. The largest absolute Gasteiger partial charge is 0.478 e. The Morgan fingerprint density at radius 3 is 2.65 bits per heavy atom. The number of nitrogens with zero attached hydrogens (tertiary/aromatic N) is 2. The molecule has 0 radical (unpaired) electrons. The van der Waals surface area contributed by atoms with Crippen molar-refractivity contribution < 1.29 is 14.7 Å². The summed E-state index contributed by atoms with van der Waals surface area (Å²) in [6.07, 6.45) is 5.03. The molecule has 1 aromatic carbocycles. The van der Waals surface area contributed by atoms with E-state index in [1.54, 1.807) is 23.0 Å². The van der Waals surface area contributed by atoms with Crippen molar-refractivity contribution in [1.82, 2.24) is 9.55 Å². The number of carbonyl (C=O) groups excluding carboxylic acids is 1. The highest BCUT2D eigenvalue weighted by Gasteiger charge is 2.34. The number of carboxylic acid groups (broad SMARTS) is 1. The number of benzene rings is 1. The lowest BCUT2D eigenvalue weighted by Gasteiger charge is -2.26. The molecule has 7 heteroatoms. The first-order valence-corrected chi connectivity index (χ1v) is 8.37. The van der Waals surface area contributed by atoms with Crippen LogP contribution < -0.4 is 5.32 Å². The highest BCUT2D eigenvalue weighted by Crippen LogP contribution is 2.42. The third-order valence-electron chi connectivity index (χ3n) is 4.48. The first kappa shape index (κ1) is 16.4. The van der Waals surface area contributed by atoms with Crippen molar-refractivity contribution in [1.29, 1.82) is 0 Å². The van der Waals surface area contributed by atoms with Crippen LogP contribution in [0.4, 0.5) is 5.69 Å².